The number of amides is 1. The third-order valence-corrected chi connectivity index (χ3v) is 4.55. The first-order chi connectivity index (χ1) is 14.0. The minimum Gasteiger partial charge on any atom is -0.465 e. The molecule has 0 saturated heterocycles. The van der Waals surface area contributed by atoms with Crippen molar-refractivity contribution in [3.8, 4) is 22.4 Å². The summed E-state index contributed by atoms with van der Waals surface area (Å²) in [6.45, 7) is 1.90. The molecule has 0 spiro atoms. The van der Waals surface area contributed by atoms with Gasteiger partial charge in [-0.2, -0.15) is 10.2 Å². The average Bonchev–Trinajstić information content (AvgIpc) is 3.33. The molecule has 0 fully saturated rings. The number of aryl methyl sites for hydroxylation is 2. The van der Waals surface area contributed by atoms with Crippen LogP contribution in [0.4, 0.5) is 22.0 Å². The van der Waals surface area contributed by atoms with Crippen molar-refractivity contribution in [2.75, 3.05) is 10.6 Å². The smallest absolute Gasteiger partial charge is 0.409 e. The largest absolute Gasteiger partial charge is 0.465 e. The van der Waals surface area contributed by atoms with Crippen LogP contribution in [0.5, 0.6) is 0 Å². The van der Waals surface area contributed by atoms with Gasteiger partial charge >= 0.3 is 6.09 Å². The minimum atomic E-state index is -1.09. The molecule has 0 aliphatic carbocycles. The first-order valence-corrected chi connectivity index (χ1v) is 9.00. The van der Waals surface area contributed by atoms with Gasteiger partial charge in [0.15, 0.2) is 5.82 Å². The first-order valence-electron chi connectivity index (χ1n) is 9.00. The monoisotopic (exact) mass is 388 g/mol. The predicted octanol–water partition coefficient (Wildman–Crippen LogP) is 4.62. The quantitative estimate of drug-likeness (QED) is 0.399. The summed E-state index contributed by atoms with van der Waals surface area (Å²) in [5.41, 5.74) is 6.38. The van der Waals surface area contributed by atoms with E-state index in [4.69, 9.17) is 5.11 Å². The molecule has 1 amide bonds. The van der Waals surface area contributed by atoms with E-state index >= 15 is 0 Å². The van der Waals surface area contributed by atoms with E-state index in [9.17, 15) is 4.79 Å². The van der Waals surface area contributed by atoms with Gasteiger partial charge in [0.1, 0.15) is 0 Å². The van der Waals surface area contributed by atoms with Crippen molar-refractivity contribution in [3.05, 3.63) is 66.5 Å². The lowest BCUT2D eigenvalue weighted by atomic mass is 10.1. The number of H-pyrrole nitrogens is 1. The Morgan fingerprint density at radius 3 is 2.48 bits per heavy atom. The lowest BCUT2D eigenvalue weighted by Gasteiger charge is -2.09. The molecule has 0 aliphatic heterocycles. The number of hydrogen-bond acceptors (Lipinski definition) is 4. The van der Waals surface area contributed by atoms with Crippen molar-refractivity contribution in [1.29, 1.82) is 0 Å². The molecular formula is C21H20N6O2. The number of nitrogens with zero attached hydrogens (tertiary/aromatic N) is 3. The van der Waals surface area contributed by atoms with E-state index in [0.717, 1.165) is 33.6 Å². The molecule has 4 aromatic rings. The minimum absolute atomic E-state index is 0.525. The molecule has 0 unspecified atom stereocenters. The van der Waals surface area contributed by atoms with Crippen LogP contribution in [0, 0.1) is 6.92 Å². The van der Waals surface area contributed by atoms with Crippen molar-refractivity contribution in [1.82, 2.24) is 20.0 Å². The van der Waals surface area contributed by atoms with Gasteiger partial charge in [0.05, 0.1) is 11.9 Å². The van der Waals surface area contributed by atoms with Gasteiger partial charge in [-0.1, -0.05) is 24.3 Å². The zero-order valence-corrected chi connectivity index (χ0v) is 16.0. The molecular weight excluding hydrogens is 368 g/mol. The summed E-state index contributed by atoms with van der Waals surface area (Å²) in [6.07, 6.45) is 2.73. The van der Waals surface area contributed by atoms with Gasteiger partial charge in [-0.3, -0.25) is 15.1 Å². The number of rotatable bonds is 5. The standard InChI is InChI=1S/C21H20N6O2/c1-13-9-17(23-21(28)29)7-8-18(13)24-20-10-19(25-26-20)15-5-3-14(4-6-15)16-11-22-27(2)12-16/h3-12,23H,1-2H3,(H,28,29)(H2,24,25,26). The number of hydrogen-bond donors (Lipinski definition) is 4. The molecule has 146 valence electrons. The molecule has 2 heterocycles. The number of anilines is 3. The lowest BCUT2D eigenvalue weighted by Crippen LogP contribution is -2.07. The zero-order valence-electron chi connectivity index (χ0n) is 16.0. The van der Waals surface area contributed by atoms with Crippen molar-refractivity contribution in [3.63, 3.8) is 0 Å². The van der Waals surface area contributed by atoms with E-state index in [-0.39, 0.29) is 0 Å². The fourth-order valence-corrected chi connectivity index (χ4v) is 3.09. The summed E-state index contributed by atoms with van der Waals surface area (Å²) >= 11 is 0. The summed E-state index contributed by atoms with van der Waals surface area (Å²) in [6, 6.07) is 15.4. The molecule has 4 rings (SSSR count). The Bertz CT molecular complexity index is 1160. The van der Waals surface area contributed by atoms with Gasteiger partial charge in [-0.25, -0.2) is 4.79 Å². The van der Waals surface area contributed by atoms with E-state index in [1.165, 1.54) is 0 Å². The van der Waals surface area contributed by atoms with E-state index in [1.54, 1.807) is 16.8 Å². The molecule has 4 N–H and O–H groups in total. The summed E-state index contributed by atoms with van der Waals surface area (Å²) in [5.74, 6) is 0.679. The van der Waals surface area contributed by atoms with Crippen molar-refractivity contribution >= 4 is 23.3 Å². The highest BCUT2D eigenvalue weighted by Crippen LogP contribution is 2.27. The normalized spacial score (nSPS) is 10.7. The zero-order chi connectivity index (χ0) is 20.4. The maximum absolute atomic E-state index is 10.8. The average molecular weight is 388 g/mol. The Morgan fingerprint density at radius 2 is 1.83 bits per heavy atom. The van der Waals surface area contributed by atoms with Crippen LogP contribution in [0.15, 0.2) is 60.9 Å². The van der Waals surface area contributed by atoms with E-state index < -0.39 is 6.09 Å². The predicted molar refractivity (Wildman–Crippen MR) is 112 cm³/mol. The molecule has 2 aromatic carbocycles. The van der Waals surface area contributed by atoms with Gasteiger partial charge in [0.25, 0.3) is 0 Å². The third kappa shape index (κ3) is 4.11. The molecule has 0 saturated carbocycles. The van der Waals surface area contributed by atoms with Crippen molar-refractivity contribution < 1.29 is 9.90 Å². The maximum atomic E-state index is 10.8. The molecule has 8 nitrogen and oxygen atoms in total. The van der Waals surface area contributed by atoms with Crippen LogP contribution in [0.3, 0.4) is 0 Å². The second-order valence-electron chi connectivity index (χ2n) is 6.73. The summed E-state index contributed by atoms with van der Waals surface area (Å²) in [4.78, 5) is 10.8. The SMILES string of the molecule is Cc1cc(NC(=O)O)ccc1Nc1cc(-c2ccc(-c3cnn(C)c3)cc2)[nH]n1. The van der Waals surface area contributed by atoms with E-state index in [1.807, 2.05) is 50.6 Å². The Hall–Kier alpha value is -4.07. The van der Waals surface area contributed by atoms with Crippen LogP contribution < -0.4 is 10.6 Å². The first kappa shape index (κ1) is 18.3. The fraction of sp³-hybridized carbons (Fsp3) is 0.0952. The molecule has 0 bridgehead atoms. The molecule has 0 atom stereocenters. The second kappa shape index (κ2) is 7.51. The van der Waals surface area contributed by atoms with Crippen LogP contribution in [-0.4, -0.2) is 31.2 Å². The summed E-state index contributed by atoms with van der Waals surface area (Å²) < 4.78 is 1.78. The second-order valence-corrected chi connectivity index (χ2v) is 6.73. The fourth-order valence-electron chi connectivity index (χ4n) is 3.09. The highest BCUT2D eigenvalue weighted by atomic mass is 16.4. The Kier molecular flexibility index (Phi) is 4.74. The van der Waals surface area contributed by atoms with Crippen molar-refractivity contribution in [2.45, 2.75) is 6.92 Å². The number of carbonyl (C=O) groups is 1. The number of nitrogens with one attached hydrogen (secondary N) is 3. The lowest BCUT2D eigenvalue weighted by molar-refractivity contribution is 0.210. The maximum Gasteiger partial charge on any atom is 0.409 e. The van der Waals surface area contributed by atoms with Crippen LogP contribution in [0.2, 0.25) is 0 Å². The summed E-state index contributed by atoms with van der Waals surface area (Å²) in [7, 11) is 1.90. The number of aromatic nitrogens is 4. The highest BCUT2D eigenvalue weighted by molar-refractivity contribution is 5.83. The van der Waals surface area contributed by atoms with Crippen LogP contribution in [-0.2, 0) is 7.05 Å². The van der Waals surface area contributed by atoms with E-state index in [2.05, 4.69) is 38.1 Å². The van der Waals surface area contributed by atoms with E-state index in [0.29, 0.717) is 11.5 Å². The Morgan fingerprint density at radius 1 is 1.07 bits per heavy atom. The Labute approximate surface area is 167 Å². The highest BCUT2D eigenvalue weighted by Gasteiger charge is 2.08. The third-order valence-electron chi connectivity index (χ3n) is 4.55. The molecule has 2 aromatic heterocycles. The van der Waals surface area contributed by atoms with Crippen LogP contribution in [0.1, 0.15) is 5.56 Å². The van der Waals surface area contributed by atoms with Gasteiger partial charge in [-0.15, -0.1) is 0 Å². The summed E-state index contributed by atoms with van der Waals surface area (Å²) in [5, 5.41) is 26.0. The van der Waals surface area contributed by atoms with Gasteiger partial charge in [0.2, 0.25) is 0 Å². The van der Waals surface area contributed by atoms with Crippen LogP contribution in [0.25, 0.3) is 22.4 Å². The van der Waals surface area contributed by atoms with Gasteiger partial charge in [-0.05, 0) is 41.8 Å². The molecule has 29 heavy (non-hydrogen) atoms. The molecule has 8 heteroatoms. The molecule has 0 radical (unpaired) electrons. The number of carboxylic acid groups (broad SMARTS) is 1. The number of benzene rings is 2. The van der Waals surface area contributed by atoms with Gasteiger partial charge < -0.3 is 10.4 Å². The topological polar surface area (TPSA) is 108 Å². The van der Waals surface area contributed by atoms with Crippen molar-refractivity contribution in [2.24, 2.45) is 7.05 Å². The Balaban J connectivity index is 1.49. The van der Waals surface area contributed by atoms with Gasteiger partial charge in [0, 0.05) is 36.2 Å². The number of aromatic amines is 1. The van der Waals surface area contributed by atoms with Crippen LogP contribution >= 0.6 is 0 Å². The molecule has 0 aliphatic rings.